The number of hydrogen-bond donors (Lipinski definition) is 1. The van der Waals surface area contributed by atoms with Crippen molar-refractivity contribution in [3.8, 4) is 0 Å². The number of aromatic amines is 1. The quantitative estimate of drug-likeness (QED) is 0.878. The molecular formula is C13H15Cl2N3O. The highest BCUT2D eigenvalue weighted by Crippen LogP contribution is 2.24. The second kappa shape index (κ2) is 5.65. The molecule has 0 bridgehead atoms. The third kappa shape index (κ3) is 3.02. The molecule has 1 aliphatic rings. The Morgan fingerprint density at radius 2 is 2.21 bits per heavy atom. The molecule has 102 valence electrons. The van der Waals surface area contributed by atoms with Crippen LogP contribution in [0.15, 0.2) is 6.07 Å². The third-order valence-electron chi connectivity index (χ3n) is 3.41. The van der Waals surface area contributed by atoms with Gasteiger partial charge in [-0.05, 0) is 31.7 Å². The Morgan fingerprint density at radius 3 is 3.00 bits per heavy atom. The average molecular weight is 300 g/mol. The van der Waals surface area contributed by atoms with Gasteiger partial charge in [-0.1, -0.05) is 23.2 Å². The van der Waals surface area contributed by atoms with Gasteiger partial charge in [-0.25, -0.2) is 9.97 Å². The molecule has 0 aliphatic carbocycles. The van der Waals surface area contributed by atoms with Gasteiger partial charge in [-0.3, -0.25) is 0 Å². The lowest BCUT2D eigenvalue weighted by Crippen LogP contribution is -2.19. The Kier molecular flexibility index (Phi) is 3.91. The number of aryl methyl sites for hydroxylation is 1. The molecule has 0 radical (unpaired) electrons. The van der Waals surface area contributed by atoms with Gasteiger partial charge in [0.15, 0.2) is 5.65 Å². The molecule has 0 amide bonds. The van der Waals surface area contributed by atoms with E-state index in [2.05, 4.69) is 15.0 Å². The van der Waals surface area contributed by atoms with Gasteiger partial charge < -0.3 is 9.72 Å². The number of halogens is 2. The molecule has 0 aromatic carbocycles. The van der Waals surface area contributed by atoms with Crippen molar-refractivity contribution in [2.45, 2.75) is 38.2 Å². The SMILES string of the molecule is Clc1cc2[nH]c(CCC3CCCCO3)nc2nc1Cl. The van der Waals surface area contributed by atoms with Crippen molar-refractivity contribution in [3.05, 3.63) is 22.1 Å². The Labute approximate surface area is 121 Å². The topological polar surface area (TPSA) is 50.8 Å². The lowest BCUT2D eigenvalue weighted by atomic mass is 10.0. The second-order valence-electron chi connectivity index (χ2n) is 4.84. The minimum atomic E-state index is 0.294. The van der Waals surface area contributed by atoms with Crippen LogP contribution in [0.3, 0.4) is 0 Å². The maximum atomic E-state index is 5.93. The zero-order valence-electron chi connectivity index (χ0n) is 10.5. The van der Waals surface area contributed by atoms with Crippen LogP contribution in [0.25, 0.3) is 11.2 Å². The minimum absolute atomic E-state index is 0.294. The summed E-state index contributed by atoms with van der Waals surface area (Å²) in [4.78, 5) is 11.8. The first-order valence-electron chi connectivity index (χ1n) is 6.54. The van der Waals surface area contributed by atoms with Crippen LogP contribution in [0.1, 0.15) is 31.5 Å². The molecule has 3 rings (SSSR count). The Hall–Kier alpha value is -0.840. The number of imidazole rings is 1. The van der Waals surface area contributed by atoms with Gasteiger partial charge in [-0.15, -0.1) is 0 Å². The first-order chi connectivity index (χ1) is 9.22. The smallest absolute Gasteiger partial charge is 0.179 e. The van der Waals surface area contributed by atoms with Crippen LogP contribution in [0.2, 0.25) is 10.2 Å². The van der Waals surface area contributed by atoms with Crippen molar-refractivity contribution in [3.63, 3.8) is 0 Å². The molecule has 4 nitrogen and oxygen atoms in total. The van der Waals surface area contributed by atoms with Gasteiger partial charge in [0.2, 0.25) is 0 Å². The monoisotopic (exact) mass is 299 g/mol. The van der Waals surface area contributed by atoms with E-state index in [0.717, 1.165) is 37.2 Å². The van der Waals surface area contributed by atoms with Crippen molar-refractivity contribution >= 4 is 34.4 Å². The van der Waals surface area contributed by atoms with E-state index in [1.165, 1.54) is 12.8 Å². The summed E-state index contributed by atoms with van der Waals surface area (Å²) in [6, 6.07) is 1.76. The molecule has 2 aromatic heterocycles. The molecule has 6 heteroatoms. The summed E-state index contributed by atoms with van der Waals surface area (Å²) in [5, 5.41) is 0.739. The molecule has 1 unspecified atom stereocenters. The van der Waals surface area contributed by atoms with Crippen LogP contribution in [-0.4, -0.2) is 27.7 Å². The summed E-state index contributed by atoms with van der Waals surface area (Å²) < 4.78 is 5.71. The number of aromatic nitrogens is 3. The summed E-state index contributed by atoms with van der Waals surface area (Å²) in [5.74, 6) is 0.912. The summed E-state index contributed by atoms with van der Waals surface area (Å²) in [5.41, 5.74) is 1.45. The van der Waals surface area contributed by atoms with Crippen LogP contribution in [0, 0.1) is 0 Å². The highest BCUT2D eigenvalue weighted by molar-refractivity contribution is 6.41. The van der Waals surface area contributed by atoms with Crippen LogP contribution in [-0.2, 0) is 11.2 Å². The van der Waals surface area contributed by atoms with Gasteiger partial charge in [-0.2, -0.15) is 0 Å². The van der Waals surface area contributed by atoms with Gasteiger partial charge in [0.25, 0.3) is 0 Å². The van der Waals surface area contributed by atoms with Gasteiger partial charge in [0.05, 0.1) is 16.6 Å². The van der Waals surface area contributed by atoms with Gasteiger partial charge in [0, 0.05) is 13.0 Å². The zero-order valence-corrected chi connectivity index (χ0v) is 12.0. The maximum Gasteiger partial charge on any atom is 0.179 e. The molecule has 3 heterocycles. The summed E-state index contributed by atoms with van der Waals surface area (Å²) >= 11 is 11.8. The first kappa shape index (κ1) is 13.2. The highest BCUT2D eigenvalue weighted by Gasteiger charge is 2.15. The molecule has 1 atom stereocenters. The van der Waals surface area contributed by atoms with E-state index >= 15 is 0 Å². The zero-order chi connectivity index (χ0) is 13.2. The minimum Gasteiger partial charge on any atom is -0.378 e. The number of rotatable bonds is 3. The van der Waals surface area contributed by atoms with Crippen LogP contribution >= 0.6 is 23.2 Å². The summed E-state index contributed by atoms with van der Waals surface area (Å²) in [6.45, 7) is 0.886. The van der Waals surface area contributed by atoms with E-state index in [4.69, 9.17) is 27.9 Å². The van der Waals surface area contributed by atoms with E-state index in [9.17, 15) is 0 Å². The van der Waals surface area contributed by atoms with E-state index < -0.39 is 0 Å². The van der Waals surface area contributed by atoms with Crippen molar-refractivity contribution in [1.29, 1.82) is 0 Å². The molecule has 0 saturated carbocycles. The average Bonchev–Trinajstić information content (AvgIpc) is 2.80. The number of ether oxygens (including phenoxy) is 1. The fraction of sp³-hybridized carbons (Fsp3) is 0.538. The molecule has 1 fully saturated rings. The van der Waals surface area contributed by atoms with Crippen molar-refractivity contribution in [2.24, 2.45) is 0 Å². The fourth-order valence-electron chi connectivity index (χ4n) is 2.40. The first-order valence-corrected chi connectivity index (χ1v) is 7.30. The van der Waals surface area contributed by atoms with Crippen LogP contribution < -0.4 is 0 Å². The second-order valence-corrected chi connectivity index (χ2v) is 5.61. The third-order valence-corrected chi connectivity index (χ3v) is 4.08. The number of pyridine rings is 1. The highest BCUT2D eigenvalue weighted by atomic mass is 35.5. The molecule has 1 N–H and O–H groups in total. The van der Waals surface area contributed by atoms with Gasteiger partial charge in [0.1, 0.15) is 11.0 Å². The van der Waals surface area contributed by atoms with E-state index in [-0.39, 0.29) is 0 Å². The molecular weight excluding hydrogens is 285 g/mol. The Morgan fingerprint density at radius 1 is 1.32 bits per heavy atom. The number of nitrogens with zero attached hydrogens (tertiary/aromatic N) is 2. The lowest BCUT2D eigenvalue weighted by molar-refractivity contribution is 0.0112. The predicted octanol–water partition coefficient (Wildman–Crippen LogP) is 3.77. The van der Waals surface area contributed by atoms with Crippen molar-refractivity contribution in [2.75, 3.05) is 6.61 Å². The molecule has 2 aromatic rings. The van der Waals surface area contributed by atoms with Crippen LogP contribution in [0.4, 0.5) is 0 Å². The number of nitrogens with one attached hydrogen (secondary N) is 1. The molecule has 1 saturated heterocycles. The summed E-state index contributed by atoms with van der Waals surface area (Å²) in [6.07, 6.45) is 5.80. The van der Waals surface area contributed by atoms with E-state index in [1.54, 1.807) is 6.07 Å². The standard InChI is InChI=1S/C13H15Cl2N3O/c14-9-7-10-13(18-12(9)15)17-11(16-10)5-4-8-3-1-2-6-19-8/h7-8H,1-6H2,(H,16,17,18). The number of fused-ring (bicyclic) bond motifs is 1. The summed E-state index contributed by atoms with van der Waals surface area (Å²) in [7, 11) is 0. The fourth-order valence-corrected chi connectivity index (χ4v) is 2.68. The molecule has 19 heavy (non-hydrogen) atoms. The van der Waals surface area contributed by atoms with E-state index in [0.29, 0.717) is 21.9 Å². The van der Waals surface area contributed by atoms with Gasteiger partial charge >= 0.3 is 0 Å². The predicted molar refractivity (Wildman–Crippen MR) is 75.8 cm³/mol. The Balaban J connectivity index is 1.70. The van der Waals surface area contributed by atoms with Crippen LogP contribution in [0.5, 0.6) is 0 Å². The normalized spacial score (nSPS) is 20.0. The van der Waals surface area contributed by atoms with Crippen molar-refractivity contribution in [1.82, 2.24) is 15.0 Å². The maximum absolute atomic E-state index is 5.93. The van der Waals surface area contributed by atoms with Crippen molar-refractivity contribution < 1.29 is 4.74 Å². The lowest BCUT2D eigenvalue weighted by Gasteiger charge is -2.21. The Bertz CT molecular complexity index is 540. The number of H-pyrrole nitrogens is 1. The molecule has 1 aliphatic heterocycles. The largest absolute Gasteiger partial charge is 0.378 e. The number of hydrogen-bond acceptors (Lipinski definition) is 3. The van der Waals surface area contributed by atoms with E-state index in [1.807, 2.05) is 0 Å². The molecule has 0 spiro atoms.